The second-order valence-electron chi connectivity index (χ2n) is 5.02. The van der Waals surface area contributed by atoms with Crippen molar-refractivity contribution in [1.29, 1.82) is 0 Å². The van der Waals surface area contributed by atoms with Crippen molar-refractivity contribution in [3.8, 4) is 0 Å². The van der Waals surface area contributed by atoms with E-state index in [0.717, 1.165) is 6.42 Å². The molecule has 0 saturated carbocycles. The molecule has 0 aliphatic heterocycles. The highest BCUT2D eigenvalue weighted by atomic mass is 32.2. The molecule has 5 nitrogen and oxygen atoms in total. The number of hydrogen-bond donors (Lipinski definition) is 2. The van der Waals surface area contributed by atoms with E-state index >= 15 is 0 Å². The van der Waals surface area contributed by atoms with Crippen LogP contribution in [0, 0.1) is 12.8 Å². The van der Waals surface area contributed by atoms with Crippen molar-refractivity contribution in [3.63, 3.8) is 0 Å². The van der Waals surface area contributed by atoms with Crippen LogP contribution < -0.4 is 10.5 Å². The fourth-order valence-corrected chi connectivity index (χ4v) is 2.26. The van der Waals surface area contributed by atoms with Crippen LogP contribution >= 0.6 is 0 Å². The monoisotopic (exact) mass is 284 g/mol. The van der Waals surface area contributed by atoms with Gasteiger partial charge < -0.3 is 5.32 Å². The zero-order valence-corrected chi connectivity index (χ0v) is 12.3. The minimum Gasteiger partial charge on any atom is -0.352 e. The predicted molar refractivity (Wildman–Crippen MR) is 74.3 cm³/mol. The number of carbonyl (C=O) groups is 1. The first kappa shape index (κ1) is 15.7. The van der Waals surface area contributed by atoms with Gasteiger partial charge in [0, 0.05) is 12.1 Å². The first-order chi connectivity index (χ1) is 8.70. The van der Waals surface area contributed by atoms with E-state index in [2.05, 4.69) is 19.2 Å². The van der Waals surface area contributed by atoms with E-state index in [-0.39, 0.29) is 10.8 Å². The van der Waals surface area contributed by atoms with Crippen molar-refractivity contribution in [2.75, 3.05) is 6.54 Å². The molecule has 0 saturated heterocycles. The Morgan fingerprint density at radius 3 is 2.47 bits per heavy atom. The number of nitrogens with one attached hydrogen (secondary N) is 1. The first-order valence-electron chi connectivity index (χ1n) is 6.13. The summed E-state index contributed by atoms with van der Waals surface area (Å²) in [5.74, 6) is 0.215. The standard InChI is InChI=1S/C13H20N2O3S/c1-9(2)4-5-15-13(16)11-6-10(3)7-12(8-11)19(14,17)18/h6-9H,4-5H2,1-3H3,(H,15,16)(H2,14,17,18). The van der Waals surface area contributed by atoms with Crippen molar-refractivity contribution in [1.82, 2.24) is 5.32 Å². The molecule has 0 aliphatic carbocycles. The molecule has 0 atom stereocenters. The Balaban J connectivity index is 2.89. The third-order valence-corrected chi connectivity index (χ3v) is 3.54. The lowest BCUT2D eigenvalue weighted by Crippen LogP contribution is -2.26. The predicted octanol–water partition coefficient (Wildman–Crippen LogP) is 1.42. The maximum Gasteiger partial charge on any atom is 0.251 e. The zero-order valence-electron chi connectivity index (χ0n) is 11.4. The number of hydrogen-bond acceptors (Lipinski definition) is 3. The smallest absolute Gasteiger partial charge is 0.251 e. The third kappa shape index (κ3) is 5.00. The molecule has 1 aromatic carbocycles. The maximum atomic E-state index is 11.9. The zero-order chi connectivity index (χ0) is 14.6. The number of carbonyl (C=O) groups excluding carboxylic acids is 1. The molecule has 6 heteroatoms. The van der Waals surface area contributed by atoms with Crippen LogP contribution in [0.5, 0.6) is 0 Å². The summed E-state index contributed by atoms with van der Waals surface area (Å²) in [6.07, 6.45) is 0.875. The minimum atomic E-state index is -3.80. The molecule has 0 radical (unpaired) electrons. The Kier molecular flexibility index (Phi) is 5.08. The molecule has 106 valence electrons. The van der Waals surface area contributed by atoms with E-state index in [4.69, 9.17) is 5.14 Å². The summed E-state index contributed by atoms with van der Waals surface area (Å²) in [5.41, 5.74) is 0.994. The van der Waals surface area contributed by atoms with Crippen LogP contribution in [-0.2, 0) is 10.0 Å². The van der Waals surface area contributed by atoms with Crippen LogP contribution in [-0.4, -0.2) is 20.9 Å². The highest BCUT2D eigenvalue weighted by molar-refractivity contribution is 7.89. The van der Waals surface area contributed by atoms with Crippen LogP contribution in [0.1, 0.15) is 36.2 Å². The number of rotatable bonds is 5. The molecule has 0 bridgehead atoms. The number of nitrogens with two attached hydrogens (primary N) is 1. The normalized spacial score (nSPS) is 11.6. The first-order valence-corrected chi connectivity index (χ1v) is 7.67. The van der Waals surface area contributed by atoms with Crippen molar-refractivity contribution in [3.05, 3.63) is 29.3 Å². The molecule has 0 aromatic heterocycles. The molecule has 0 aliphatic rings. The van der Waals surface area contributed by atoms with Crippen molar-refractivity contribution in [2.24, 2.45) is 11.1 Å². The van der Waals surface area contributed by atoms with E-state index in [1.807, 2.05) is 0 Å². The average molecular weight is 284 g/mol. The summed E-state index contributed by atoms with van der Waals surface area (Å²) < 4.78 is 22.6. The summed E-state index contributed by atoms with van der Waals surface area (Å²) in [4.78, 5) is 11.9. The lowest BCUT2D eigenvalue weighted by Gasteiger charge is -2.09. The number of sulfonamides is 1. The fourth-order valence-electron chi connectivity index (χ4n) is 1.62. The molecule has 0 spiro atoms. The van der Waals surface area contributed by atoms with Gasteiger partial charge in [-0.3, -0.25) is 4.79 Å². The summed E-state index contributed by atoms with van der Waals surface area (Å²) >= 11 is 0. The Morgan fingerprint density at radius 1 is 1.32 bits per heavy atom. The van der Waals surface area contributed by atoms with Crippen LogP contribution in [0.4, 0.5) is 0 Å². The van der Waals surface area contributed by atoms with Crippen LogP contribution in [0.25, 0.3) is 0 Å². The van der Waals surface area contributed by atoms with Gasteiger partial charge in [0.05, 0.1) is 4.90 Å². The number of amides is 1. The molecule has 1 rings (SSSR count). The van der Waals surface area contributed by atoms with Gasteiger partial charge in [0.25, 0.3) is 5.91 Å². The molecule has 0 heterocycles. The number of aryl methyl sites for hydroxylation is 1. The molecule has 1 aromatic rings. The van der Waals surface area contributed by atoms with E-state index in [9.17, 15) is 13.2 Å². The SMILES string of the molecule is Cc1cc(C(=O)NCCC(C)C)cc(S(N)(=O)=O)c1. The third-order valence-electron chi connectivity index (χ3n) is 2.65. The van der Waals surface area contributed by atoms with Gasteiger partial charge in [-0.25, -0.2) is 13.6 Å². The molecule has 0 fully saturated rings. The Hall–Kier alpha value is -1.40. The average Bonchev–Trinajstić information content (AvgIpc) is 2.26. The van der Waals surface area contributed by atoms with Crippen molar-refractivity contribution < 1.29 is 13.2 Å². The molecular weight excluding hydrogens is 264 g/mol. The van der Waals surface area contributed by atoms with Crippen LogP contribution in [0.2, 0.25) is 0 Å². The Morgan fingerprint density at radius 2 is 1.95 bits per heavy atom. The van der Waals surface area contributed by atoms with E-state index in [0.29, 0.717) is 23.6 Å². The highest BCUT2D eigenvalue weighted by Gasteiger charge is 2.13. The lowest BCUT2D eigenvalue weighted by atomic mass is 10.1. The van der Waals surface area contributed by atoms with Gasteiger partial charge >= 0.3 is 0 Å². The van der Waals surface area contributed by atoms with E-state index < -0.39 is 10.0 Å². The Bertz CT molecular complexity index is 565. The summed E-state index contributed by atoms with van der Waals surface area (Å²) in [5, 5.41) is 7.84. The van der Waals surface area contributed by atoms with E-state index in [1.165, 1.54) is 12.1 Å². The second kappa shape index (κ2) is 6.16. The van der Waals surface area contributed by atoms with Crippen LogP contribution in [0.3, 0.4) is 0 Å². The molecule has 0 unspecified atom stereocenters. The van der Waals surface area contributed by atoms with Gasteiger partial charge in [-0.15, -0.1) is 0 Å². The van der Waals surface area contributed by atoms with Crippen LogP contribution in [0.15, 0.2) is 23.1 Å². The second-order valence-corrected chi connectivity index (χ2v) is 6.58. The van der Waals surface area contributed by atoms with Gasteiger partial charge in [0.2, 0.25) is 10.0 Å². The molecule has 19 heavy (non-hydrogen) atoms. The molecule has 3 N–H and O–H groups in total. The fraction of sp³-hybridized carbons (Fsp3) is 0.462. The molecular formula is C13H20N2O3S. The summed E-state index contributed by atoms with van der Waals surface area (Å²) in [6, 6.07) is 4.38. The van der Waals surface area contributed by atoms with Gasteiger partial charge in [0.15, 0.2) is 0 Å². The largest absolute Gasteiger partial charge is 0.352 e. The van der Waals surface area contributed by atoms with Crippen molar-refractivity contribution in [2.45, 2.75) is 32.1 Å². The van der Waals surface area contributed by atoms with Gasteiger partial charge in [-0.1, -0.05) is 13.8 Å². The van der Waals surface area contributed by atoms with Gasteiger partial charge in [-0.2, -0.15) is 0 Å². The quantitative estimate of drug-likeness (QED) is 0.857. The van der Waals surface area contributed by atoms with E-state index in [1.54, 1.807) is 13.0 Å². The summed E-state index contributed by atoms with van der Waals surface area (Å²) in [6.45, 7) is 6.42. The number of primary sulfonamides is 1. The highest BCUT2D eigenvalue weighted by Crippen LogP contribution is 2.13. The maximum absolute atomic E-state index is 11.9. The molecule has 1 amide bonds. The Labute approximate surface area is 114 Å². The summed E-state index contributed by atoms with van der Waals surface area (Å²) in [7, 11) is -3.80. The van der Waals surface area contributed by atoms with Gasteiger partial charge in [0.1, 0.15) is 0 Å². The lowest BCUT2D eigenvalue weighted by molar-refractivity contribution is 0.0951. The number of benzene rings is 1. The topological polar surface area (TPSA) is 89.3 Å². The van der Waals surface area contributed by atoms with Crippen molar-refractivity contribution >= 4 is 15.9 Å². The minimum absolute atomic E-state index is 0.0403. The van der Waals surface area contributed by atoms with Gasteiger partial charge in [-0.05, 0) is 43.0 Å².